The van der Waals surface area contributed by atoms with Crippen molar-refractivity contribution in [1.82, 2.24) is 15.5 Å². The molecule has 0 aromatic heterocycles. The fourth-order valence-corrected chi connectivity index (χ4v) is 5.00. The van der Waals surface area contributed by atoms with Gasteiger partial charge in [-0.2, -0.15) is 0 Å². The first-order valence-electron chi connectivity index (χ1n) is 14.0. The lowest BCUT2D eigenvalue weighted by Crippen LogP contribution is -2.59. The van der Waals surface area contributed by atoms with Crippen LogP contribution in [0.15, 0.2) is 18.2 Å². The molecule has 4 amide bonds. The number of rotatable bonds is 9. The highest BCUT2D eigenvalue weighted by atomic mass is 16.6. The van der Waals surface area contributed by atoms with E-state index >= 15 is 0 Å². The number of carbonyl (C=O) groups is 4. The normalized spacial score (nSPS) is 16.1. The Balaban J connectivity index is 2.58. The lowest BCUT2D eigenvalue weighted by atomic mass is 9.90. The van der Waals surface area contributed by atoms with Gasteiger partial charge in [-0.3, -0.25) is 14.4 Å². The van der Waals surface area contributed by atoms with E-state index in [0.29, 0.717) is 0 Å². The number of alkyl carbamates (subject to hydrolysis) is 1. The van der Waals surface area contributed by atoms with Gasteiger partial charge in [0, 0.05) is 18.0 Å². The number of hydrogen-bond acceptors (Lipinski definition) is 5. The number of nitrogens with zero attached hydrogens (tertiary/aromatic N) is 1. The molecule has 1 aromatic carbocycles. The second kappa shape index (κ2) is 13.3. The SMILES string of the molecule is Cc1cccc(C(C(=O)NC2CCCCC2)N(C(=O)C(CCC(N)=O)NC(=O)OC(C)(C)C)C(C)(C)C)c1C. The minimum Gasteiger partial charge on any atom is -0.444 e. The molecule has 9 heteroatoms. The van der Waals surface area contributed by atoms with Crippen LogP contribution in [0.3, 0.4) is 0 Å². The van der Waals surface area contributed by atoms with Gasteiger partial charge >= 0.3 is 6.09 Å². The van der Waals surface area contributed by atoms with Crippen molar-refractivity contribution in [2.75, 3.05) is 0 Å². The molecule has 0 heterocycles. The fourth-order valence-electron chi connectivity index (χ4n) is 5.00. The highest BCUT2D eigenvalue weighted by Crippen LogP contribution is 2.33. The van der Waals surface area contributed by atoms with E-state index in [9.17, 15) is 19.2 Å². The van der Waals surface area contributed by atoms with E-state index in [1.807, 2.05) is 52.8 Å². The van der Waals surface area contributed by atoms with Crippen LogP contribution in [0.1, 0.15) is 109 Å². The van der Waals surface area contributed by atoms with Crippen LogP contribution in [0.4, 0.5) is 4.79 Å². The number of hydrogen-bond donors (Lipinski definition) is 3. The maximum atomic E-state index is 14.3. The van der Waals surface area contributed by atoms with E-state index in [0.717, 1.165) is 48.8 Å². The van der Waals surface area contributed by atoms with Crippen LogP contribution in [0, 0.1) is 13.8 Å². The van der Waals surface area contributed by atoms with Crippen LogP contribution in [0.25, 0.3) is 0 Å². The number of primary amides is 1. The number of amides is 4. The van der Waals surface area contributed by atoms with Crippen molar-refractivity contribution in [3.63, 3.8) is 0 Å². The number of benzene rings is 1. The van der Waals surface area contributed by atoms with Gasteiger partial charge in [-0.25, -0.2) is 4.79 Å². The summed E-state index contributed by atoms with van der Waals surface area (Å²) in [6.07, 6.45) is 4.13. The molecular formula is C30H48N4O5. The van der Waals surface area contributed by atoms with E-state index in [1.54, 1.807) is 20.8 Å². The Hall–Kier alpha value is -3.10. The van der Waals surface area contributed by atoms with Gasteiger partial charge in [-0.1, -0.05) is 37.5 Å². The standard InChI is InChI=1S/C30H48N4O5/c1-19-13-12-16-22(20(19)2)25(26(36)32-21-14-10-9-11-15-21)34(29(3,4)5)27(37)23(17-18-24(31)35)33-28(38)39-30(6,7)8/h12-13,16,21,23,25H,9-11,14-15,17-18H2,1-8H3,(H2,31,35)(H,32,36)(H,33,38). The van der Waals surface area contributed by atoms with Crippen LogP contribution >= 0.6 is 0 Å². The Bertz CT molecular complexity index is 1030. The Morgan fingerprint density at radius 1 is 1.03 bits per heavy atom. The molecule has 2 unspecified atom stereocenters. The molecule has 1 aliphatic carbocycles. The molecule has 39 heavy (non-hydrogen) atoms. The highest BCUT2D eigenvalue weighted by Gasteiger charge is 2.43. The second-order valence-electron chi connectivity index (χ2n) is 12.6. The van der Waals surface area contributed by atoms with Gasteiger partial charge in [0.25, 0.3) is 0 Å². The summed E-state index contributed by atoms with van der Waals surface area (Å²) >= 11 is 0. The van der Waals surface area contributed by atoms with Gasteiger partial charge < -0.3 is 26.0 Å². The van der Waals surface area contributed by atoms with E-state index in [-0.39, 0.29) is 24.8 Å². The first-order valence-corrected chi connectivity index (χ1v) is 14.0. The summed E-state index contributed by atoms with van der Waals surface area (Å²) in [6, 6.07) is 3.70. The molecule has 1 aliphatic rings. The van der Waals surface area contributed by atoms with Gasteiger partial charge in [0.1, 0.15) is 17.7 Å². The lowest BCUT2D eigenvalue weighted by molar-refractivity contribution is -0.149. The van der Waals surface area contributed by atoms with Crippen molar-refractivity contribution >= 4 is 23.8 Å². The van der Waals surface area contributed by atoms with Crippen LogP contribution in [0.5, 0.6) is 0 Å². The number of nitrogens with one attached hydrogen (secondary N) is 2. The van der Waals surface area contributed by atoms with Crippen molar-refractivity contribution in [3.05, 3.63) is 34.9 Å². The molecule has 0 aliphatic heterocycles. The summed E-state index contributed by atoms with van der Waals surface area (Å²) in [7, 11) is 0. The van der Waals surface area contributed by atoms with Crippen molar-refractivity contribution in [1.29, 1.82) is 0 Å². The molecule has 0 bridgehead atoms. The third kappa shape index (κ3) is 9.55. The zero-order valence-electron chi connectivity index (χ0n) is 25.0. The Kier molecular flexibility index (Phi) is 11.0. The zero-order chi connectivity index (χ0) is 29.5. The molecule has 9 nitrogen and oxygen atoms in total. The smallest absolute Gasteiger partial charge is 0.408 e. The average molecular weight is 545 g/mol. The Labute approximate surface area is 233 Å². The maximum Gasteiger partial charge on any atom is 0.408 e. The van der Waals surface area contributed by atoms with E-state index in [2.05, 4.69) is 10.6 Å². The Morgan fingerprint density at radius 3 is 2.18 bits per heavy atom. The second-order valence-corrected chi connectivity index (χ2v) is 12.6. The fraction of sp³-hybridized carbons (Fsp3) is 0.667. The topological polar surface area (TPSA) is 131 Å². The molecule has 0 radical (unpaired) electrons. The molecule has 0 saturated heterocycles. The lowest BCUT2D eigenvalue weighted by Gasteiger charge is -2.44. The molecular weight excluding hydrogens is 496 g/mol. The predicted octanol–water partition coefficient (Wildman–Crippen LogP) is 4.58. The quantitative estimate of drug-likeness (QED) is 0.419. The van der Waals surface area contributed by atoms with E-state index in [4.69, 9.17) is 10.5 Å². The molecule has 0 spiro atoms. The van der Waals surface area contributed by atoms with Gasteiger partial charge in [0.2, 0.25) is 17.7 Å². The minimum atomic E-state index is -1.12. The third-order valence-electron chi connectivity index (χ3n) is 7.03. The average Bonchev–Trinajstić information content (AvgIpc) is 2.80. The van der Waals surface area contributed by atoms with Crippen LogP contribution in [-0.4, -0.2) is 51.9 Å². The molecule has 2 atom stereocenters. The van der Waals surface area contributed by atoms with Gasteiger partial charge in [0.15, 0.2) is 0 Å². The zero-order valence-corrected chi connectivity index (χ0v) is 25.0. The van der Waals surface area contributed by atoms with Gasteiger partial charge in [0.05, 0.1) is 0 Å². The van der Waals surface area contributed by atoms with Crippen LogP contribution in [0.2, 0.25) is 0 Å². The first kappa shape index (κ1) is 32.1. The molecule has 1 saturated carbocycles. The summed E-state index contributed by atoms with van der Waals surface area (Å²) < 4.78 is 5.40. The molecule has 1 fully saturated rings. The van der Waals surface area contributed by atoms with Crippen molar-refractivity contribution in [2.24, 2.45) is 5.73 Å². The van der Waals surface area contributed by atoms with E-state index < -0.39 is 41.1 Å². The predicted molar refractivity (Wildman–Crippen MR) is 152 cm³/mol. The van der Waals surface area contributed by atoms with Crippen molar-refractivity contribution in [2.45, 2.75) is 130 Å². The monoisotopic (exact) mass is 544 g/mol. The molecule has 2 rings (SSSR count). The van der Waals surface area contributed by atoms with Crippen LogP contribution < -0.4 is 16.4 Å². The summed E-state index contributed by atoms with van der Waals surface area (Å²) in [5, 5.41) is 5.86. The van der Waals surface area contributed by atoms with Crippen LogP contribution in [-0.2, 0) is 19.1 Å². The highest BCUT2D eigenvalue weighted by molar-refractivity contribution is 5.93. The van der Waals surface area contributed by atoms with Crippen molar-refractivity contribution in [3.8, 4) is 0 Å². The molecule has 218 valence electrons. The molecule has 1 aromatic rings. The summed E-state index contributed by atoms with van der Waals surface area (Å²) in [4.78, 5) is 54.3. The third-order valence-corrected chi connectivity index (χ3v) is 7.03. The number of carbonyl (C=O) groups excluding carboxylic acids is 4. The number of nitrogens with two attached hydrogens (primary N) is 1. The van der Waals surface area contributed by atoms with Gasteiger partial charge in [-0.15, -0.1) is 0 Å². The maximum absolute atomic E-state index is 14.3. The van der Waals surface area contributed by atoms with Gasteiger partial charge in [-0.05, 0) is 91.3 Å². The summed E-state index contributed by atoms with van der Waals surface area (Å²) in [5.74, 6) is -1.34. The first-order chi connectivity index (χ1) is 18.0. The van der Waals surface area contributed by atoms with E-state index in [1.165, 1.54) is 4.90 Å². The van der Waals surface area contributed by atoms with Crippen molar-refractivity contribution < 1.29 is 23.9 Å². The number of aryl methyl sites for hydroxylation is 1. The summed E-state index contributed by atoms with van der Waals surface area (Å²) in [5.41, 5.74) is 6.44. The molecule has 4 N–H and O–H groups in total. The largest absolute Gasteiger partial charge is 0.444 e. The minimum absolute atomic E-state index is 0.0241. The number of ether oxygens (including phenoxy) is 1. The Morgan fingerprint density at radius 2 is 1.64 bits per heavy atom. The summed E-state index contributed by atoms with van der Waals surface area (Å²) in [6.45, 7) is 14.7.